The van der Waals surface area contributed by atoms with Crippen LogP contribution < -0.4 is 15.4 Å². The molecule has 2 aromatic rings. The standard InChI is InChI=1S/C22H32N4O2/c1-3-23-22(24-16-18-10-5-6-11-20(18)27-2)25-17-19(21-12-9-15-28-21)26-13-7-4-8-14-26/h5-6,9-12,15,19H,3-4,7-8,13-14,16-17H2,1-2H3,(H2,23,24,25). The molecule has 152 valence electrons. The Balaban J connectivity index is 1.67. The van der Waals surface area contributed by atoms with E-state index in [9.17, 15) is 0 Å². The predicted octanol–water partition coefficient (Wildman–Crippen LogP) is 3.57. The molecule has 1 aliphatic rings. The second kappa shape index (κ2) is 10.8. The second-order valence-electron chi connectivity index (χ2n) is 7.02. The SMILES string of the molecule is CCNC(=NCc1ccccc1OC)NCC(c1ccco1)N1CCCCC1. The van der Waals surface area contributed by atoms with E-state index < -0.39 is 0 Å². The summed E-state index contributed by atoms with van der Waals surface area (Å²) in [5.41, 5.74) is 1.07. The molecule has 1 aromatic carbocycles. The molecule has 1 unspecified atom stereocenters. The van der Waals surface area contributed by atoms with Crippen molar-refractivity contribution in [3.8, 4) is 5.75 Å². The Kier molecular flexibility index (Phi) is 7.79. The summed E-state index contributed by atoms with van der Waals surface area (Å²) in [6, 6.07) is 12.2. The van der Waals surface area contributed by atoms with Gasteiger partial charge in [-0.1, -0.05) is 24.6 Å². The molecular formula is C22H32N4O2. The van der Waals surface area contributed by atoms with Crippen molar-refractivity contribution < 1.29 is 9.15 Å². The Morgan fingerprint density at radius 2 is 1.96 bits per heavy atom. The maximum absolute atomic E-state index is 5.74. The molecule has 3 rings (SSSR count). The van der Waals surface area contributed by atoms with Crippen molar-refractivity contribution >= 4 is 5.96 Å². The number of nitrogens with one attached hydrogen (secondary N) is 2. The van der Waals surface area contributed by atoms with E-state index in [0.717, 1.165) is 49.2 Å². The summed E-state index contributed by atoms with van der Waals surface area (Å²) >= 11 is 0. The Morgan fingerprint density at radius 3 is 2.68 bits per heavy atom. The lowest BCUT2D eigenvalue weighted by Crippen LogP contribution is -2.44. The molecule has 0 aliphatic carbocycles. The van der Waals surface area contributed by atoms with E-state index in [1.165, 1.54) is 19.3 Å². The van der Waals surface area contributed by atoms with Gasteiger partial charge < -0.3 is 19.8 Å². The predicted molar refractivity (Wildman–Crippen MR) is 113 cm³/mol. The van der Waals surface area contributed by atoms with Gasteiger partial charge in [-0.05, 0) is 51.1 Å². The summed E-state index contributed by atoms with van der Waals surface area (Å²) in [5.74, 6) is 2.68. The van der Waals surface area contributed by atoms with Crippen LogP contribution in [0.4, 0.5) is 0 Å². The fourth-order valence-corrected chi connectivity index (χ4v) is 3.65. The third kappa shape index (κ3) is 5.52. The van der Waals surface area contributed by atoms with Gasteiger partial charge in [0.2, 0.25) is 0 Å². The first kappa shape index (κ1) is 20.3. The monoisotopic (exact) mass is 384 g/mol. The zero-order valence-corrected chi connectivity index (χ0v) is 17.0. The van der Waals surface area contributed by atoms with E-state index in [1.54, 1.807) is 13.4 Å². The van der Waals surface area contributed by atoms with E-state index in [4.69, 9.17) is 14.1 Å². The zero-order valence-electron chi connectivity index (χ0n) is 17.0. The molecule has 1 aliphatic heterocycles. The number of nitrogens with zero attached hydrogens (tertiary/aromatic N) is 2. The lowest BCUT2D eigenvalue weighted by molar-refractivity contribution is 0.146. The summed E-state index contributed by atoms with van der Waals surface area (Å²) in [7, 11) is 1.69. The van der Waals surface area contributed by atoms with Crippen LogP contribution >= 0.6 is 0 Å². The van der Waals surface area contributed by atoms with Gasteiger partial charge in [0, 0.05) is 18.7 Å². The number of methoxy groups -OCH3 is 1. The van der Waals surface area contributed by atoms with Crippen LogP contribution in [0.1, 0.15) is 43.6 Å². The zero-order chi connectivity index (χ0) is 19.6. The van der Waals surface area contributed by atoms with Crippen molar-refractivity contribution in [2.75, 3.05) is 33.3 Å². The Morgan fingerprint density at radius 1 is 1.14 bits per heavy atom. The lowest BCUT2D eigenvalue weighted by Gasteiger charge is -2.33. The molecule has 1 aromatic heterocycles. The van der Waals surface area contributed by atoms with Crippen LogP contribution in [0.5, 0.6) is 5.75 Å². The molecule has 0 amide bonds. The molecule has 6 nitrogen and oxygen atoms in total. The lowest BCUT2D eigenvalue weighted by atomic mass is 10.1. The van der Waals surface area contributed by atoms with Crippen LogP contribution in [0, 0.1) is 0 Å². The number of furan rings is 1. The average molecular weight is 385 g/mol. The van der Waals surface area contributed by atoms with Crippen LogP contribution in [0.15, 0.2) is 52.1 Å². The molecule has 0 radical (unpaired) electrons. The molecular weight excluding hydrogens is 352 g/mol. The quantitative estimate of drug-likeness (QED) is 0.538. The Hall–Kier alpha value is -2.47. The molecule has 1 saturated heterocycles. The smallest absolute Gasteiger partial charge is 0.191 e. The van der Waals surface area contributed by atoms with Crippen LogP contribution in [0.25, 0.3) is 0 Å². The number of aliphatic imine (C=N–C) groups is 1. The highest BCUT2D eigenvalue weighted by Crippen LogP contribution is 2.24. The minimum atomic E-state index is 0.213. The highest BCUT2D eigenvalue weighted by atomic mass is 16.5. The van der Waals surface area contributed by atoms with Gasteiger partial charge in [0.15, 0.2) is 5.96 Å². The first-order chi connectivity index (χ1) is 13.8. The van der Waals surface area contributed by atoms with Crippen molar-refractivity contribution in [3.05, 3.63) is 54.0 Å². The summed E-state index contributed by atoms with van der Waals surface area (Å²) in [4.78, 5) is 7.27. The maximum Gasteiger partial charge on any atom is 0.191 e. The highest BCUT2D eigenvalue weighted by molar-refractivity contribution is 5.79. The van der Waals surface area contributed by atoms with E-state index >= 15 is 0 Å². The largest absolute Gasteiger partial charge is 0.496 e. The fourth-order valence-electron chi connectivity index (χ4n) is 3.65. The van der Waals surface area contributed by atoms with Crippen molar-refractivity contribution in [1.82, 2.24) is 15.5 Å². The highest BCUT2D eigenvalue weighted by Gasteiger charge is 2.24. The number of rotatable bonds is 8. The van der Waals surface area contributed by atoms with Gasteiger partial charge in [-0.2, -0.15) is 0 Å². The van der Waals surface area contributed by atoms with Gasteiger partial charge >= 0.3 is 0 Å². The van der Waals surface area contributed by atoms with Crippen LogP contribution in [-0.4, -0.2) is 44.1 Å². The number of guanidine groups is 1. The van der Waals surface area contributed by atoms with Gasteiger partial charge in [-0.15, -0.1) is 0 Å². The Labute approximate surface area is 168 Å². The fraction of sp³-hybridized carbons (Fsp3) is 0.500. The van der Waals surface area contributed by atoms with Gasteiger partial charge in [0.1, 0.15) is 11.5 Å². The number of para-hydroxylation sites is 1. The number of piperidine rings is 1. The minimum Gasteiger partial charge on any atom is -0.496 e. The first-order valence-corrected chi connectivity index (χ1v) is 10.2. The van der Waals surface area contributed by atoms with E-state index in [1.807, 2.05) is 30.3 Å². The molecule has 0 spiro atoms. The third-order valence-corrected chi connectivity index (χ3v) is 5.11. The van der Waals surface area contributed by atoms with Crippen LogP contribution in [-0.2, 0) is 6.54 Å². The van der Waals surface area contributed by atoms with Crippen LogP contribution in [0.3, 0.4) is 0 Å². The van der Waals surface area contributed by atoms with E-state index in [-0.39, 0.29) is 6.04 Å². The number of hydrogen-bond acceptors (Lipinski definition) is 4. The number of likely N-dealkylation sites (tertiary alicyclic amines) is 1. The van der Waals surface area contributed by atoms with E-state index in [2.05, 4.69) is 28.5 Å². The summed E-state index contributed by atoms with van der Waals surface area (Å²) in [6.07, 6.45) is 5.57. The molecule has 0 saturated carbocycles. The van der Waals surface area contributed by atoms with Crippen molar-refractivity contribution in [2.24, 2.45) is 4.99 Å². The summed E-state index contributed by atoms with van der Waals surface area (Å²) in [6.45, 7) is 6.44. The van der Waals surface area contributed by atoms with Crippen molar-refractivity contribution in [1.29, 1.82) is 0 Å². The normalized spacial score (nSPS) is 16.6. The molecule has 6 heteroatoms. The summed E-state index contributed by atoms with van der Waals surface area (Å²) < 4.78 is 11.2. The molecule has 1 atom stereocenters. The number of hydrogen-bond donors (Lipinski definition) is 2. The van der Waals surface area contributed by atoms with Crippen molar-refractivity contribution in [2.45, 2.75) is 38.8 Å². The molecule has 2 N–H and O–H groups in total. The van der Waals surface area contributed by atoms with Crippen molar-refractivity contribution in [3.63, 3.8) is 0 Å². The van der Waals surface area contributed by atoms with E-state index in [0.29, 0.717) is 6.54 Å². The molecule has 0 bridgehead atoms. The topological polar surface area (TPSA) is 62.0 Å². The first-order valence-electron chi connectivity index (χ1n) is 10.2. The van der Waals surface area contributed by atoms with Gasteiger partial charge in [0.05, 0.1) is 26.0 Å². The third-order valence-electron chi connectivity index (χ3n) is 5.11. The molecule has 2 heterocycles. The molecule has 1 fully saturated rings. The molecule has 28 heavy (non-hydrogen) atoms. The van der Waals surface area contributed by atoms with Crippen LogP contribution in [0.2, 0.25) is 0 Å². The van der Waals surface area contributed by atoms with Gasteiger partial charge in [0.25, 0.3) is 0 Å². The summed E-state index contributed by atoms with van der Waals surface area (Å²) in [5, 5.41) is 6.85. The van der Waals surface area contributed by atoms with Gasteiger partial charge in [-0.3, -0.25) is 4.90 Å². The maximum atomic E-state index is 5.74. The number of ether oxygens (including phenoxy) is 1. The van der Waals surface area contributed by atoms with Gasteiger partial charge in [-0.25, -0.2) is 4.99 Å². The average Bonchev–Trinajstić information content (AvgIpc) is 3.27. The minimum absolute atomic E-state index is 0.213. The Bertz CT molecular complexity index is 724. The second-order valence-corrected chi connectivity index (χ2v) is 7.02. The number of benzene rings is 1.